The number of H-pyrrole nitrogens is 1. The number of hydrogen-bond donors (Lipinski definition) is 2. The second kappa shape index (κ2) is 5.20. The van der Waals surface area contributed by atoms with Crippen LogP contribution in [0.15, 0.2) is 24.4 Å². The zero-order valence-corrected chi connectivity index (χ0v) is 15.0. The summed E-state index contributed by atoms with van der Waals surface area (Å²) >= 11 is 13.1. The number of nitrogens with one attached hydrogen (secondary N) is 2. The van der Waals surface area contributed by atoms with Gasteiger partial charge in [-0.2, -0.15) is 5.10 Å². The van der Waals surface area contributed by atoms with E-state index in [0.717, 1.165) is 18.4 Å². The topological polar surface area (TPSA) is 57.8 Å². The Hall–Kier alpha value is -1.66. The van der Waals surface area contributed by atoms with Gasteiger partial charge in [0, 0.05) is 17.0 Å². The van der Waals surface area contributed by atoms with Gasteiger partial charge in [-0.3, -0.25) is 9.89 Å². The third-order valence-corrected chi connectivity index (χ3v) is 7.34. The van der Waals surface area contributed by atoms with Crippen LogP contribution in [0.2, 0.25) is 0 Å². The number of amides is 1. The lowest BCUT2D eigenvalue weighted by Crippen LogP contribution is -2.24. The van der Waals surface area contributed by atoms with Crippen molar-refractivity contribution in [1.29, 1.82) is 0 Å². The maximum absolute atomic E-state index is 12.7. The molecule has 2 fully saturated rings. The lowest BCUT2D eigenvalue weighted by molar-refractivity contribution is 0.102. The van der Waals surface area contributed by atoms with Crippen molar-refractivity contribution < 1.29 is 13.6 Å². The Morgan fingerprint density at radius 1 is 1.42 bits per heavy atom. The van der Waals surface area contributed by atoms with E-state index in [4.69, 9.17) is 23.2 Å². The molecule has 0 aliphatic heterocycles. The van der Waals surface area contributed by atoms with Crippen LogP contribution in [-0.4, -0.2) is 26.9 Å². The number of aromatic nitrogens is 2. The molecule has 2 aromatic rings. The van der Waals surface area contributed by atoms with Crippen LogP contribution in [0.5, 0.6) is 0 Å². The summed E-state index contributed by atoms with van der Waals surface area (Å²) in [6, 6.07) is 5.77. The maximum Gasteiger partial charge on any atom is 0.259 e. The predicted octanol–water partition coefficient (Wildman–Crippen LogP) is 4.40. The number of halogens is 4. The highest BCUT2D eigenvalue weighted by molar-refractivity contribution is 6.53. The van der Waals surface area contributed by atoms with Crippen LogP contribution in [0.4, 0.5) is 14.5 Å². The zero-order valence-electron chi connectivity index (χ0n) is 13.5. The van der Waals surface area contributed by atoms with E-state index >= 15 is 0 Å². The van der Waals surface area contributed by atoms with E-state index in [2.05, 4.69) is 21.6 Å². The molecule has 4 nitrogen and oxygen atoms in total. The molecular formula is C18H15Cl2F2N3O. The second-order valence-corrected chi connectivity index (χ2v) is 8.68. The molecule has 3 aliphatic rings. The molecule has 2 N–H and O–H groups in total. The summed E-state index contributed by atoms with van der Waals surface area (Å²) in [6.07, 6.45) is 0.121. The molecular weight excluding hydrogens is 383 g/mol. The van der Waals surface area contributed by atoms with Gasteiger partial charge >= 0.3 is 0 Å². The van der Waals surface area contributed by atoms with Crippen molar-refractivity contribution in [2.45, 2.75) is 41.4 Å². The molecule has 136 valence electrons. The lowest BCUT2D eigenvalue weighted by Gasteiger charge is -2.29. The monoisotopic (exact) mass is 397 g/mol. The Morgan fingerprint density at radius 2 is 2.23 bits per heavy atom. The molecule has 2 saturated carbocycles. The van der Waals surface area contributed by atoms with Crippen LogP contribution in [0, 0.1) is 5.92 Å². The molecule has 2 bridgehead atoms. The largest absolute Gasteiger partial charge is 0.322 e. The van der Waals surface area contributed by atoms with Gasteiger partial charge in [0.15, 0.2) is 0 Å². The molecule has 5 rings (SSSR count). The minimum atomic E-state index is -2.56. The van der Waals surface area contributed by atoms with Crippen molar-refractivity contribution in [2.75, 3.05) is 5.32 Å². The summed E-state index contributed by atoms with van der Waals surface area (Å²) in [5.41, 5.74) is 2.81. The van der Waals surface area contributed by atoms with Gasteiger partial charge in [-0.05, 0) is 36.0 Å². The standard InChI is InChI=1S/C18H15Cl2F2N3O/c19-18(20)15-9-4-5-17(15,18)14-8(9)2-1-3-11(14)24-16(26)10-7-23-25-12(10)6-13(21)22/h1-3,7,9,13,15H,4-6H2,(H,23,25)(H,24,26)/t9-,15?,17+/m1/s1. The van der Waals surface area contributed by atoms with E-state index in [1.54, 1.807) is 0 Å². The van der Waals surface area contributed by atoms with Crippen molar-refractivity contribution in [3.05, 3.63) is 46.8 Å². The van der Waals surface area contributed by atoms with E-state index in [-0.39, 0.29) is 22.6 Å². The van der Waals surface area contributed by atoms with E-state index in [9.17, 15) is 13.6 Å². The minimum absolute atomic E-state index is 0.123. The van der Waals surface area contributed by atoms with Crippen LogP contribution in [0.3, 0.4) is 0 Å². The smallest absolute Gasteiger partial charge is 0.259 e. The van der Waals surface area contributed by atoms with E-state index < -0.39 is 23.1 Å². The minimum Gasteiger partial charge on any atom is -0.322 e. The fourth-order valence-corrected chi connectivity index (χ4v) is 6.41. The van der Waals surface area contributed by atoms with Crippen LogP contribution in [0.25, 0.3) is 0 Å². The summed E-state index contributed by atoms with van der Waals surface area (Å²) in [5, 5.41) is 9.08. The summed E-state index contributed by atoms with van der Waals surface area (Å²) in [6.45, 7) is 0. The Bertz CT molecular complexity index is 929. The van der Waals surface area contributed by atoms with Gasteiger partial charge in [-0.1, -0.05) is 12.1 Å². The summed E-state index contributed by atoms with van der Waals surface area (Å²) in [5.74, 6) is 0.0452. The fourth-order valence-electron chi connectivity index (χ4n) is 5.22. The van der Waals surface area contributed by atoms with Gasteiger partial charge in [0.05, 0.1) is 23.9 Å². The van der Waals surface area contributed by atoms with Gasteiger partial charge in [-0.15, -0.1) is 23.2 Å². The summed E-state index contributed by atoms with van der Waals surface area (Å²) in [4.78, 5) is 12.7. The van der Waals surface area contributed by atoms with Gasteiger partial charge < -0.3 is 5.32 Å². The van der Waals surface area contributed by atoms with Crippen molar-refractivity contribution >= 4 is 34.8 Å². The van der Waals surface area contributed by atoms with Crippen molar-refractivity contribution in [2.24, 2.45) is 5.92 Å². The first-order valence-corrected chi connectivity index (χ1v) is 9.26. The second-order valence-electron chi connectivity index (χ2n) is 7.30. The number of fused-ring (bicyclic) bond motifs is 2. The third-order valence-electron chi connectivity index (χ3n) is 6.20. The number of benzene rings is 1. The highest BCUT2D eigenvalue weighted by Crippen LogP contribution is 2.85. The van der Waals surface area contributed by atoms with Crippen LogP contribution in [0.1, 0.15) is 45.9 Å². The highest BCUT2D eigenvalue weighted by atomic mass is 35.5. The normalized spacial score (nSPS) is 29.6. The first kappa shape index (κ1) is 16.5. The quantitative estimate of drug-likeness (QED) is 0.750. The first-order chi connectivity index (χ1) is 12.4. The third kappa shape index (κ3) is 1.89. The van der Waals surface area contributed by atoms with Crippen molar-refractivity contribution in [3.8, 4) is 0 Å². The molecule has 1 amide bonds. The van der Waals surface area contributed by atoms with Gasteiger partial charge in [0.25, 0.3) is 5.91 Å². The predicted molar refractivity (Wildman–Crippen MR) is 94.3 cm³/mol. The number of nitrogens with zero attached hydrogens (tertiary/aromatic N) is 1. The number of anilines is 1. The summed E-state index contributed by atoms with van der Waals surface area (Å²) in [7, 11) is 0. The number of aromatic amines is 1. The Kier molecular flexibility index (Phi) is 3.30. The molecule has 8 heteroatoms. The van der Waals surface area contributed by atoms with Crippen LogP contribution in [-0.2, 0) is 11.8 Å². The molecule has 1 aromatic carbocycles. The summed E-state index contributed by atoms with van der Waals surface area (Å²) < 4.78 is 24.6. The Labute approximate surface area is 158 Å². The molecule has 3 aliphatic carbocycles. The van der Waals surface area contributed by atoms with Gasteiger partial charge in [0.1, 0.15) is 4.33 Å². The molecule has 3 atom stereocenters. The number of carbonyl (C=O) groups is 1. The van der Waals surface area contributed by atoms with Crippen LogP contribution < -0.4 is 5.32 Å². The van der Waals surface area contributed by atoms with Crippen LogP contribution >= 0.6 is 23.2 Å². The number of carbonyl (C=O) groups excluding carboxylic acids is 1. The molecule has 0 radical (unpaired) electrons. The van der Waals surface area contributed by atoms with Gasteiger partial charge in [-0.25, -0.2) is 8.78 Å². The molecule has 0 spiro atoms. The van der Waals surface area contributed by atoms with E-state index in [1.807, 2.05) is 12.1 Å². The molecule has 26 heavy (non-hydrogen) atoms. The molecule has 0 saturated heterocycles. The molecule has 1 aromatic heterocycles. The van der Waals surface area contributed by atoms with Crippen molar-refractivity contribution in [1.82, 2.24) is 10.2 Å². The van der Waals surface area contributed by atoms with Crippen molar-refractivity contribution in [3.63, 3.8) is 0 Å². The van der Waals surface area contributed by atoms with E-state index in [0.29, 0.717) is 11.6 Å². The van der Waals surface area contributed by atoms with E-state index in [1.165, 1.54) is 11.8 Å². The lowest BCUT2D eigenvalue weighted by atomic mass is 9.82. The fraction of sp³-hybridized carbons (Fsp3) is 0.444. The van der Waals surface area contributed by atoms with Gasteiger partial charge in [0.2, 0.25) is 6.43 Å². The molecule has 1 heterocycles. The Morgan fingerprint density at radius 3 is 2.96 bits per heavy atom. The maximum atomic E-state index is 12.7. The molecule has 1 unspecified atom stereocenters. The first-order valence-electron chi connectivity index (χ1n) is 8.51. The zero-order chi connectivity index (χ0) is 18.3. The SMILES string of the molecule is O=C(Nc1cccc2c1[C@@]13CC[C@H]2C1C3(Cl)Cl)c1cn[nH]c1CC(F)F. The average Bonchev–Trinajstić information content (AvgIpc) is 3.08. The number of hydrogen-bond acceptors (Lipinski definition) is 2. The number of alkyl halides is 4. The highest BCUT2D eigenvalue weighted by Gasteiger charge is 2.85. The Balaban J connectivity index is 1.50. The number of rotatable bonds is 4. The average molecular weight is 398 g/mol.